The number of nitrogens with zero attached hydrogens (tertiary/aromatic N) is 1. The standard InChI is InChI=1S/C18H29NO/c1-12(2)10-13(3)11-20-16-8-9-19-18-15(5)7-6-14(4)17(16)18/h8-9,12-15H,6-7,10-11H2,1-5H3/t13-,14?,15-/m1/s1. The van der Waals surface area contributed by atoms with Crippen molar-refractivity contribution >= 4 is 0 Å². The van der Waals surface area contributed by atoms with E-state index in [9.17, 15) is 0 Å². The smallest absolute Gasteiger partial charge is 0.126 e. The van der Waals surface area contributed by atoms with Gasteiger partial charge < -0.3 is 4.74 Å². The molecule has 0 aromatic carbocycles. The van der Waals surface area contributed by atoms with E-state index in [-0.39, 0.29) is 0 Å². The molecule has 1 aliphatic rings. The van der Waals surface area contributed by atoms with E-state index in [1.165, 1.54) is 30.5 Å². The van der Waals surface area contributed by atoms with E-state index in [0.29, 0.717) is 17.8 Å². The van der Waals surface area contributed by atoms with Gasteiger partial charge in [0.25, 0.3) is 0 Å². The molecule has 1 aromatic rings. The number of fused-ring (bicyclic) bond motifs is 1. The highest BCUT2D eigenvalue weighted by Crippen LogP contribution is 2.41. The minimum atomic E-state index is 0.567. The largest absolute Gasteiger partial charge is 0.493 e. The van der Waals surface area contributed by atoms with E-state index in [2.05, 4.69) is 45.7 Å². The molecule has 0 fully saturated rings. The van der Waals surface area contributed by atoms with Crippen molar-refractivity contribution in [1.29, 1.82) is 0 Å². The molecule has 2 heteroatoms. The van der Waals surface area contributed by atoms with Crippen LogP contribution in [0.5, 0.6) is 5.75 Å². The fourth-order valence-corrected chi connectivity index (χ4v) is 3.37. The number of hydrogen-bond donors (Lipinski definition) is 0. The Kier molecular flexibility index (Phi) is 5.06. The molecule has 2 rings (SSSR count). The summed E-state index contributed by atoms with van der Waals surface area (Å²) in [6.07, 6.45) is 5.63. The predicted octanol–water partition coefficient (Wildman–Crippen LogP) is 5.14. The zero-order valence-corrected chi connectivity index (χ0v) is 13.6. The highest BCUT2D eigenvalue weighted by Gasteiger charge is 2.26. The number of aromatic nitrogens is 1. The maximum absolute atomic E-state index is 6.15. The fourth-order valence-electron chi connectivity index (χ4n) is 3.37. The Bertz CT molecular complexity index is 441. The molecule has 1 unspecified atom stereocenters. The Morgan fingerprint density at radius 3 is 2.60 bits per heavy atom. The summed E-state index contributed by atoms with van der Waals surface area (Å²) in [5.41, 5.74) is 2.63. The molecule has 2 nitrogen and oxygen atoms in total. The summed E-state index contributed by atoms with van der Waals surface area (Å²) in [6.45, 7) is 12.2. The number of rotatable bonds is 5. The molecule has 0 spiro atoms. The summed E-state index contributed by atoms with van der Waals surface area (Å²) in [7, 11) is 0. The molecule has 0 saturated carbocycles. The summed E-state index contributed by atoms with van der Waals surface area (Å²) in [5, 5.41) is 0. The molecule has 1 aromatic heterocycles. The normalized spacial score (nSPS) is 23.5. The summed E-state index contributed by atoms with van der Waals surface area (Å²) >= 11 is 0. The number of pyridine rings is 1. The third-order valence-electron chi connectivity index (χ3n) is 4.37. The Morgan fingerprint density at radius 2 is 1.90 bits per heavy atom. The summed E-state index contributed by atoms with van der Waals surface area (Å²) in [4.78, 5) is 4.61. The van der Waals surface area contributed by atoms with Gasteiger partial charge >= 0.3 is 0 Å². The van der Waals surface area contributed by atoms with Gasteiger partial charge in [-0.05, 0) is 49.0 Å². The monoisotopic (exact) mass is 275 g/mol. The zero-order valence-electron chi connectivity index (χ0n) is 13.6. The molecule has 0 bridgehead atoms. The van der Waals surface area contributed by atoms with Crippen molar-refractivity contribution in [2.75, 3.05) is 6.61 Å². The maximum atomic E-state index is 6.15. The first-order chi connectivity index (χ1) is 9.49. The van der Waals surface area contributed by atoms with Gasteiger partial charge in [-0.3, -0.25) is 4.98 Å². The summed E-state index contributed by atoms with van der Waals surface area (Å²) in [6, 6.07) is 2.05. The van der Waals surface area contributed by atoms with Crippen molar-refractivity contribution in [3.8, 4) is 5.75 Å². The third-order valence-corrected chi connectivity index (χ3v) is 4.37. The van der Waals surface area contributed by atoms with E-state index in [1.807, 2.05) is 6.20 Å². The average molecular weight is 275 g/mol. The van der Waals surface area contributed by atoms with E-state index in [4.69, 9.17) is 4.74 Å². The van der Waals surface area contributed by atoms with E-state index < -0.39 is 0 Å². The lowest BCUT2D eigenvalue weighted by molar-refractivity contribution is 0.234. The van der Waals surface area contributed by atoms with Crippen LogP contribution in [0.15, 0.2) is 12.3 Å². The minimum absolute atomic E-state index is 0.567. The topological polar surface area (TPSA) is 22.1 Å². The Hall–Kier alpha value is -1.05. The summed E-state index contributed by atoms with van der Waals surface area (Å²) < 4.78 is 6.15. The average Bonchev–Trinajstić information content (AvgIpc) is 2.40. The van der Waals surface area contributed by atoms with Gasteiger partial charge in [-0.15, -0.1) is 0 Å². The zero-order chi connectivity index (χ0) is 14.7. The van der Waals surface area contributed by atoms with Gasteiger partial charge in [0.2, 0.25) is 0 Å². The minimum Gasteiger partial charge on any atom is -0.493 e. The van der Waals surface area contributed by atoms with Crippen LogP contribution in [0, 0.1) is 11.8 Å². The third kappa shape index (κ3) is 3.53. The lowest BCUT2D eigenvalue weighted by atomic mass is 9.81. The lowest BCUT2D eigenvalue weighted by Crippen LogP contribution is -2.17. The molecule has 0 N–H and O–H groups in total. The molecule has 1 heterocycles. The molecular formula is C18H29NO. The van der Waals surface area contributed by atoms with Crippen LogP contribution in [0.1, 0.15) is 77.0 Å². The van der Waals surface area contributed by atoms with Crippen LogP contribution in [0.3, 0.4) is 0 Å². The first-order valence-electron chi connectivity index (χ1n) is 8.10. The van der Waals surface area contributed by atoms with Crippen LogP contribution in [-0.4, -0.2) is 11.6 Å². The Labute approximate surface area is 124 Å². The molecule has 3 atom stereocenters. The second-order valence-corrected chi connectivity index (χ2v) is 7.03. The molecular weight excluding hydrogens is 246 g/mol. The Balaban J connectivity index is 2.11. The van der Waals surface area contributed by atoms with Gasteiger partial charge in [0.15, 0.2) is 0 Å². The number of ether oxygens (including phenoxy) is 1. The van der Waals surface area contributed by atoms with Crippen LogP contribution >= 0.6 is 0 Å². The van der Waals surface area contributed by atoms with Gasteiger partial charge in [0.1, 0.15) is 5.75 Å². The first kappa shape index (κ1) is 15.3. The summed E-state index contributed by atoms with van der Waals surface area (Å²) in [5.74, 6) is 3.56. The molecule has 0 aliphatic heterocycles. The molecule has 0 saturated heterocycles. The lowest BCUT2D eigenvalue weighted by Gasteiger charge is -2.28. The van der Waals surface area contributed by atoms with Gasteiger partial charge in [-0.25, -0.2) is 0 Å². The Morgan fingerprint density at radius 1 is 1.20 bits per heavy atom. The van der Waals surface area contributed by atoms with E-state index >= 15 is 0 Å². The molecule has 0 amide bonds. The number of hydrogen-bond acceptors (Lipinski definition) is 2. The SMILES string of the molecule is CC(C)C[C@@H](C)COc1ccnc2c1C(C)CC[C@H]2C. The van der Waals surface area contributed by atoms with Gasteiger partial charge in [-0.2, -0.15) is 0 Å². The molecule has 20 heavy (non-hydrogen) atoms. The maximum Gasteiger partial charge on any atom is 0.126 e. The highest BCUT2D eigenvalue weighted by molar-refractivity contribution is 5.41. The highest BCUT2D eigenvalue weighted by atomic mass is 16.5. The van der Waals surface area contributed by atoms with Crippen molar-refractivity contribution in [3.63, 3.8) is 0 Å². The van der Waals surface area contributed by atoms with Crippen LogP contribution in [0.4, 0.5) is 0 Å². The van der Waals surface area contributed by atoms with Crippen LogP contribution < -0.4 is 4.74 Å². The first-order valence-corrected chi connectivity index (χ1v) is 8.10. The van der Waals surface area contributed by atoms with Crippen molar-refractivity contribution in [2.45, 2.75) is 65.7 Å². The quantitative estimate of drug-likeness (QED) is 0.742. The van der Waals surface area contributed by atoms with Gasteiger partial charge in [0, 0.05) is 11.8 Å². The van der Waals surface area contributed by atoms with Crippen molar-refractivity contribution in [2.24, 2.45) is 11.8 Å². The van der Waals surface area contributed by atoms with Crippen molar-refractivity contribution < 1.29 is 4.74 Å². The van der Waals surface area contributed by atoms with Crippen molar-refractivity contribution in [1.82, 2.24) is 4.98 Å². The molecule has 112 valence electrons. The molecule has 1 aliphatic carbocycles. The fraction of sp³-hybridized carbons (Fsp3) is 0.722. The van der Waals surface area contributed by atoms with Crippen molar-refractivity contribution in [3.05, 3.63) is 23.5 Å². The molecule has 0 radical (unpaired) electrons. The second-order valence-electron chi connectivity index (χ2n) is 7.03. The van der Waals surface area contributed by atoms with Crippen LogP contribution in [-0.2, 0) is 0 Å². The van der Waals surface area contributed by atoms with Crippen LogP contribution in [0.2, 0.25) is 0 Å². The van der Waals surface area contributed by atoms with Gasteiger partial charge in [0.05, 0.1) is 12.3 Å². The predicted molar refractivity (Wildman–Crippen MR) is 84.4 cm³/mol. The van der Waals surface area contributed by atoms with E-state index in [1.54, 1.807) is 0 Å². The second kappa shape index (κ2) is 6.60. The van der Waals surface area contributed by atoms with Gasteiger partial charge in [-0.1, -0.05) is 34.6 Å². The van der Waals surface area contributed by atoms with E-state index in [0.717, 1.165) is 18.3 Å². The van der Waals surface area contributed by atoms with Crippen LogP contribution in [0.25, 0.3) is 0 Å².